The van der Waals surface area contributed by atoms with Crippen molar-refractivity contribution >= 4 is 57.1 Å². The van der Waals surface area contributed by atoms with Crippen LogP contribution in [0, 0.1) is 11.8 Å². The lowest BCUT2D eigenvalue weighted by molar-refractivity contribution is -0.149. The maximum atomic E-state index is 12.8. The fraction of sp³-hybridized carbons (Fsp3) is 0.750. The van der Waals surface area contributed by atoms with E-state index in [-0.39, 0.29) is 30.3 Å². The van der Waals surface area contributed by atoms with Crippen molar-refractivity contribution in [3.63, 3.8) is 0 Å². The Kier molecular flexibility index (Phi) is 14.3. The van der Waals surface area contributed by atoms with Crippen LogP contribution in [-0.4, -0.2) is 104 Å². The standard InChI is InChI=1S/C24H40N4O9S2/c1-13(21(33)28-9-5-6-17(28)23(36)37)11-38-39-12-16(20(32)26-10-19(30)31)27-24(3,4)14(2)18(29)8-7-15(25)22(34)35/h13-17,27H,5-12,25H2,1-4H3,(H,26,32)(H,30,31)(H,34,35)(H,36,37)/t13?,14?,15-,16-,17-/m0/s1. The van der Waals surface area contributed by atoms with Gasteiger partial charge in [0.25, 0.3) is 0 Å². The van der Waals surface area contributed by atoms with Crippen molar-refractivity contribution in [3.8, 4) is 0 Å². The normalized spacial score (nSPS) is 18.6. The number of likely N-dealkylation sites (tertiary alicyclic amines) is 1. The minimum Gasteiger partial charge on any atom is -0.480 e. The van der Waals surface area contributed by atoms with Crippen LogP contribution in [0.5, 0.6) is 0 Å². The summed E-state index contributed by atoms with van der Waals surface area (Å²) < 4.78 is 0. The quantitative estimate of drug-likeness (QED) is 0.0940. The van der Waals surface area contributed by atoms with Gasteiger partial charge in [-0.05, 0) is 33.1 Å². The molecule has 2 amide bonds. The maximum absolute atomic E-state index is 12.8. The number of carbonyl (C=O) groups excluding carboxylic acids is 3. The molecule has 13 nitrogen and oxygen atoms in total. The van der Waals surface area contributed by atoms with Crippen molar-refractivity contribution in [1.82, 2.24) is 15.5 Å². The van der Waals surface area contributed by atoms with Crippen LogP contribution in [0.4, 0.5) is 0 Å². The number of nitrogens with zero attached hydrogens (tertiary/aromatic N) is 1. The Morgan fingerprint density at radius 1 is 1.05 bits per heavy atom. The summed E-state index contributed by atoms with van der Waals surface area (Å²) in [5.41, 5.74) is 4.58. The third-order valence-electron chi connectivity index (χ3n) is 6.74. The highest BCUT2D eigenvalue weighted by Gasteiger charge is 2.37. The zero-order chi connectivity index (χ0) is 29.9. The topological polar surface area (TPSA) is 216 Å². The number of carboxylic acid groups (broad SMARTS) is 3. The molecule has 0 spiro atoms. The molecule has 0 aromatic heterocycles. The molecule has 0 aromatic carbocycles. The van der Waals surface area contributed by atoms with E-state index in [1.165, 1.54) is 26.5 Å². The molecule has 1 heterocycles. The number of hydrogen-bond acceptors (Lipinski definition) is 10. The lowest BCUT2D eigenvalue weighted by Gasteiger charge is -2.35. The van der Waals surface area contributed by atoms with Gasteiger partial charge in [-0.15, -0.1) is 0 Å². The Balaban J connectivity index is 2.76. The van der Waals surface area contributed by atoms with Crippen molar-refractivity contribution in [2.75, 3.05) is 24.6 Å². The smallest absolute Gasteiger partial charge is 0.326 e. The molecule has 1 saturated heterocycles. The predicted molar refractivity (Wildman–Crippen MR) is 147 cm³/mol. The second-order valence-electron chi connectivity index (χ2n) is 10.2. The number of Topliss-reactive ketones (excluding diaryl/α,β-unsaturated/α-hetero) is 1. The van der Waals surface area contributed by atoms with E-state index in [1.54, 1.807) is 27.7 Å². The highest BCUT2D eigenvalue weighted by Crippen LogP contribution is 2.29. The zero-order valence-electron chi connectivity index (χ0n) is 22.7. The Bertz CT molecular complexity index is 918. The van der Waals surface area contributed by atoms with E-state index in [9.17, 15) is 33.9 Å². The molecule has 5 atom stereocenters. The molecule has 39 heavy (non-hydrogen) atoms. The average molecular weight is 593 g/mol. The summed E-state index contributed by atoms with van der Waals surface area (Å²) >= 11 is 0. The number of nitrogens with one attached hydrogen (secondary N) is 2. The van der Waals surface area contributed by atoms with Gasteiger partial charge in [0.15, 0.2) is 0 Å². The van der Waals surface area contributed by atoms with Crippen LogP contribution in [0.2, 0.25) is 0 Å². The minimum absolute atomic E-state index is 0.0227. The van der Waals surface area contributed by atoms with Gasteiger partial charge in [-0.3, -0.25) is 29.3 Å². The molecule has 0 saturated carbocycles. The number of aliphatic carboxylic acids is 3. The third kappa shape index (κ3) is 11.3. The van der Waals surface area contributed by atoms with Crippen molar-refractivity contribution in [2.24, 2.45) is 17.6 Å². The van der Waals surface area contributed by atoms with E-state index in [2.05, 4.69) is 10.6 Å². The Hall–Kier alpha value is -2.36. The maximum Gasteiger partial charge on any atom is 0.326 e. The summed E-state index contributed by atoms with van der Waals surface area (Å²) in [6.07, 6.45) is 0.994. The summed E-state index contributed by atoms with van der Waals surface area (Å²) in [6, 6.07) is -2.85. The number of amides is 2. The Morgan fingerprint density at radius 2 is 1.67 bits per heavy atom. The number of carbonyl (C=O) groups is 6. The second kappa shape index (κ2) is 16.0. The zero-order valence-corrected chi connectivity index (χ0v) is 24.3. The van der Waals surface area contributed by atoms with Crippen LogP contribution in [0.25, 0.3) is 0 Å². The number of hydrogen-bond donors (Lipinski definition) is 6. The molecule has 0 bridgehead atoms. The summed E-state index contributed by atoms with van der Waals surface area (Å²) in [6.45, 7) is 6.64. The third-order valence-corrected chi connectivity index (χ3v) is 9.33. The van der Waals surface area contributed by atoms with Gasteiger partial charge in [0.2, 0.25) is 11.8 Å². The van der Waals surface area contributed by atoms with E-state index in [4.69, 9.17) is 15.9 Å². The first-order valence-corrected chi connectivity index (χ1v) is 15.1. The number of ketones is 1. The van der Waals surface area contributed by atoms with Crippen molar-refractivity contribution in [2.45, 2.75) is 77.0 Å². The van der Waals surface area contributed by atoms with Gasteiger partial charge in [-0.1, -0.05) is 35.4 Å². The number of nitrogens with two attached hydrogens (primary N) is 1. The first-order valence-electron chi connectivity index (χ1n) is 12.6. The van der Waals surface area contributed by atoms with Gasteiger partial charge in [-0.2, -0.15) is 0 Å². The molecular weight excluding hydrogens is 552 g/mol. The van der Waals surface area contributed by atoms with Crippen molar-refractivity contribution < 1.29 is 44.1 Å². The van der Waals surface area contributed by atoms with E-state index in [0.29, 0.717) is 25.1 Å². The molecule has 15 heteroatoms. The van der Waals surface area contributed by atoms with Gasteiger partial charge in [-0.25, -0.2) is 4.79 Å². The van der Waals surface area contributed by atoms with Crippen LogP contribution in [0.15, 0.2) is 0 Å². The molecule has 1 aliphatic heterocycles. The van der Waals surface area contributed by atoms with E-state index in [1.807, 2.05) is 0 Å². The van der Waals surface area contributed by atoms with E-state index >= 15 is 0 Å². The monoisotopic (exact) mass is 592 g/mol. The predicted octanol–water partition coefficient (Wildman–Crippen LogP) is 0.414. The van der Waals surface area contributed by atoms with Crippen LogP contribution >= 0.6 is 21.6 Å². The van der Waals surface area contributed by atoms with Crippen molar-refractivity contribution in [3.05, 3.63) is 0 Å². The molecule has 7 N–H and O–H groups in total. The molecule has 2 unspecified atom stereocenters. The summed E-state index contributed by atoms with van der Waals surface area (Å²) in [5.74, 6) is -4.97. The SMILES string of the molecule is CC(CSSC[C@H](NC(C)(C)C(C)C(=O)CC[C@H](N)C(=O)O)C(=O)NCC(=O)O)C(=O)N1CCC[C@H]1C(=O)O. The van der Waals surface area contributed by atoms with Gasteiger partial charge in [0.1, 0.15) is 24.4 Å². The van der Waals surface area contributed by atoms with Crippen LogP contribution in [0.1, 0.15) is 53.4 Å². The van der Waals surface area contributed by atoms with Gasteiger partial charge in [0, 0.05) is 41.8 Å². The molecule has 1 rings (SSSR count). The van der Waals surface area contributed by atoms with E-state index in [0.717, 1.165) is 0 Å². The largest absolute Gasteiger partial charge is 0.480 e. The molecule has 1 fully saturated rings. The van der Waals surface area contributed by atoms with Gasteiger partial charge in [0.05, 0.1) is 6.04 Å². The lowest BCUT2D eigenvalue weighted by Crippen LogP contribution is -2.58. The fourth-order valence-electron chi connectivity index (χ4n) is 3.99. The van der Waals surface area contributed by atoms with Gasteiger partial charge >= 0.3 is 17.9 Å². The minimum atomic E-state index is -1.21. The average Bonchev–Trinajstić information content (AvgIpc) is 3.36. The number of rotatable bonds is 18. The van der Waals surface area contributed by atoms with E-state index < -0.39 is 65.9 Å². The molecule has 1 aliphatic rings. The first kappa shape index (κ1) is 34.7. The molecule has 222 valence electrons. The first-order chi connectivity index (χ1) is 18.1. The lowest BCUT2D eigenvalue weighted by atomic mass is 9.83. The fourth-order valence-corrected chi connectivity index (χ4v) is 6.50. The highest BCUT2D eigenvalue weighted by molar-refractivity contribution is 8.76. The van der Waals surface area contributed by atoms with Crippen LogP contribution in [0.3, 0.4) is 0 Å². The Labute approximate surface area is 235 Å². The van der Waals surface area contributed by atoms with Gasteiger partial charge < -0.3 is 31.3 Å². The Morgan fingerprint density at radius 3 is 2.23 bits per heavy atom. The van der Waals surface area contributed by atoms with Crippen LogP contribution < -0.4 is 16.4 Å². The summed E-state index contributed by atoms with van der Waals surface area (Å²) in [5, 5.41) is 32.7. The highest BCUT2D eigenvalue weighted by atomic mass is 33.1. The molecule has 0 radical (unpaired) electrons. The van der Waals surface area contributed by atoms with Crippen LogP contribution in [-0.2, 0) is 28.8 Å². The summed E-state index contributed by atoms with van der Waals surface area (Å²) in [7, 11) is 2.62. The summed E-state index contributed by atoms with van der Waals surface area (Å²) in [4.78, 5) is 72.9. The molecule has 0 aromatic rings. The van der Waals surface area contributed by atoms with Crippen molar-refractivity contribution in [1.29, 1.82) is 0 Å². The second-order valence-corrected chi connectivity index (χ2v) is 12.8. The molecular formula is C24H40N4O9S2. The molecule has 0 aliphatic carbocycles. The number of carboxylic acids is 3.